The van der Waals surface area contributed by atoms with Crippen LogP contribution in [0.15, 0.2) is 18.2 Å². The van der Waals surface area contributed by atoms with Gasteiger partial charge in [-0.2, -0.15) is 0 Å². The number of hydrogen-bond donors (Lipinski definition) is 3. The van der Waals surface area contributed by atoms with Crippen LogP contribution in [0.3, 0.4) is 0 Å². The number of carbonyl (C=O) groups excluding carboxylic acids is 1. The zero-order chi connectivity index (χ0) is 14.9. The molecular weight excluding hydrogens is 256 g/mol. The Balaban J connectivity index is 2.14. The van der Waals surface area contributed by atoms with Gasteiger partial charge in [-0.15, -0.1) is 0 Å². The average molecular weight is 276 g/mol. The third-order valence-electron chi connectivity index (χ3n) is 4.13. The Bertz CT molecular complexity index is 552. The fourth-order valence-electron chi connectivity index (χ4n) is 2.84. The van der Waals surface area contributed by atoms with Crippen LogP contribution in [0.1, 0.15) is 43.5 Å². The first kappa shape index (κ1) is 14.4. The molecule has 2 rings (SSSR count). The van der Waals surface area contributed by atoms with Crippen molar-refractivity contribution in [1.82, 2.24) is 0 Å². The molecule has 0 spiro atoms. The summed E-state index contributed by atoms with van der Waals surface area (Å²) >= 11 is 0. The first-order valence-corrected chi connectivity index (χ1v) is 6.75. The third-order valence-corrected chi connectivity index (χ3v) is 4.13. The zero-order valence-corrected chi connectivity index (χ0v) is 11.8. The number of amides is 1. The van der Waals surface area contributed by atoms with E-state index >= 15 is 0 Å². The Kier molecular flexibility index (Phi) is 3.70. The maximum Gasteiger partial charge on any atom is 0.335 e. The molecule has 5 heteroatoms. The third kappa shape index (κ3) is 2.76. The highest BCUT2D eigenvalue weighted by atomic mass is 16.4. The molecular formula is C15H20N2O3. The van der Waals surface area contributed by atoms with Crippen molar-refractivity contribution in [2.45, 2.75) is 33.1 Å². The summed E-state index contributed by atoms with van der Waals surface area (Å²) < 4.78 is 0. The smallest absolute Gasteiger partial charge is 0.335 e. The second-order valence-corrected chi connectivity index (χ2v) is 6.03. The van der Waals surface area contributed by atoms with Crippen molar-refractivity contribution in [2.24, 2.45) is 11.3 Å². The molecule has 0 radical (unpaired) electrons. The van der Waals surface area contributed by atoms with Gasteiger partial charge in [-0.05, 0) is 36.5 Å². The molecule has 0 bridgehead atoms. The van der Waals surface area contributed by atoms with E-state index < -0.39 is 5.97 Å². The lowest BCUT2D eigenvalue weighted by Crippen LogP contribution is -2.31. The van der Waals surface area contributed by atoms with E-state index in [1.165, 1.54) is 12.1 Å². The molecule has 4 N–H and O–H groups in total. The number of carbonyl (C=O) groups is 2. The van der Waals surface area contributed by atoms with Crippen LogP contribution in [-0.2, 0) is 4.79 Å². The number of aromatic carboxylic acids is 1. The highest BCUT2D eigenvalue weighted by molar-refractivity contribution is 5.97. The van der Waals surface area contributed by atoms with E-state index in [9.17, 15) is 9.59 Å². The van der Waals surface area contributed by atoms with Crippen molar-refractivity contribution in [3.63, 3.8) is 0 Å². The fraction of sp³-hybridized carbons (Fsp3) is 0.467. The summed E-state index contributed by atoms with van der Waals surface area (Å²) in [6, 6.07) is 4.34. The maximum atomic E-state index is 12.3. The van der Waals surface area contributed by atoms with Gasteiger partial charge in [0.2, 0.25) is 5.91 Å². The molecule has 1 atom stereocenters. The summed E-state index contributed by atoms with van der Waals surface area (Å²) in [7, 11) is 0. The summed E-state index contributed by atoms with van der Waals surface area (Å²) in [5.41, 5.74) is 6.66. The number of hydrogen-bond acceptors (Lipinski definition) is 3. The van der Waals surface area contributed by atoms with Crippen LogP contribution in [0.2, 0.25) is 0 Å². The van der Waals surface area contributed by atoms with Gasteiger partial charge < -0.3 is 16.2 Å². The highest BCUT2D eigenvalue weighted by Crippen LogP contribution is 2.43. The van der Waals surface area contributed by atoms with Crippen LogP contribution in [-0.4, -0.2) is 17.0 Å². The van der Waals surface area contributed by atoms with E-state index in [0.717, 1.165) is 19.3 Å². The number of benzene rings is 1. The number of carboxylic acid groups (broad SMARTS) is 1. The molecule has 1 aromatic carbocycles. The number of rotatable bonds is 3. The summed E-state index contributed by atoms with van der Waals surface area (Å²) in [4.78, 5) is 23.2. The van der Waals surface area contributed by atoms with Crippen LogP contribution in [0, 0.1) is 11.3 Å². The molecule has 0 aliphatic heterocycles. The topological polar surface area (TPSA) is 92.4 Å². The van der Waals surface area contributed by atoms with Crippen molar-refractivity contribution in [1.29, 1.82) is 0 Å². The fourth-order valence-corrected chi connectivity index (χ4v) is 2.84. The molecule has 0 aromatic heterocycles. The first-order valence-electron chi connectivity index (χ1n) is 6.75. The maximum absolute atomic E-state index is 12.3. The largest absolute Gasteiger partial charge is 0.478 e. The quantitative estimate of drug-likeness (QED) is 0.740. The normalized spacial score (nSPS) is 20.6. The van der Waals surface area contributed by atoms with Gasteiger partial charge in [-0.3, -0.25) is 4.79 Å². The standard InChI is InChI=1S/C15H20N2O3/c1-15(2)7-3-4-10(15)13(18)17-12-6-5-9(14(19)20)8-11(12)16/h5-6,8,10H,3-4,7,16H2,1-2H3,(H,17,18)(H,19,20). The highest BCUT2D eigenvalue weighted by Gasteiger charge is 2.39. The van der Waals surface area contributed by atoms with Crippen LogP contribution < -0.4 is 11.1 Å². The lowest BCUT2D eigenvalue weighted by atomic mass is 9.81. The van der Waals surface area contributed by atoms with E-state index in [0.29, 0.717) is 5.69 Å². The Labute approximate surface area is 118 Å². The van der Waals surface area contributed by atoms with Crippen molar-refractivity contribution in [2.75, 3.05) is 11.1 Å². The summed E-state index contributed by atoms with van der Waals surface area (Å²) in [5.74, 6) is -1.10. The van der Waals surface area contributed by atoms with E-state index in [1.54, 1.807) is 6.07 Å². The predicted octanol–water partition coefficient (Wildman–Crippen LogP) is 2.73. The van der Waals surface area contributed by atoms with E-state index in [-0.39, 0.29) is 28.5 Å². The molecule has 0 saturated heterocycles. The van der Waals surface area contributed by atoms with E-state index in [4.69, 9.17) is 10.8 Å². The Morgan fingerprint density at radius 3 is 2.60 bits per heavy atom. The Hall–Kier alpha value is -2.04. The number of carboxylic acids is 1. The zero-order valence-electron chi connectivity index (χ0n) is 11.8. The van der Waals surface area contributed by atoms with Crippen molar-refractivity contribution >= 4 is 23.3 Å². The summed E-state index contributed by atoms with van der Waals surface area (Å²) in [6.45, 7) is 4.20. The molecule has 0 heterocycles. The SMILES string of the molecule is CC1(C)CCCC1C(=O)Nc1ccc(C(=O)O)cc1N. The lowest BCUT2D eigenvalue weighted by molar-refractivity contribution is -0.122. The molecule has 1 aliphatic rings. The van der Waals surface area contributed by atoms with Gasteiger partial charge in [-0.1, -0.05) is 20.3 Å². The monoisotopic (exact) mass is 276 g/mol. The number of nitrogens with two attached hydrogens (primary N) is 1. The van der Waals surface area contributed by atoms with Crippen molar-refractivity contribution < 1.29 is 14.7 Å². The molecule has 1 unspecified atom stereocenters. The van der Waals surface area contributed by atoms with Gasteiger partial charge in [0.1, 0.15) is 0 Å². The van der Waals surface area contributed by atoms with Gasteiger partial charge in [0.25, 0.3) is 0 Å². The Morgan fingerprint density at radius 2 is 2.10 bits per heavy atom. The second kappa shape index (κ2) is 5.15. The average Bonchev–Trinajstić information content (AvgIpc) is 2.71. The summed E-state index contributed by atoms with van der Waals surface area (Å²) in [6.07, 6.45) is 2.98. The van der Waals surface area contributed by atoms with Gasteiger partial charge in [-0.25, -0.2) is 4.79 Å². The van der Waals surface area contributed by atoms with Crippen LogP contribution in [0.5, 0.6) is 0 Å². The molecule has 1 amide bonds. The molecule has 1 saturated carbocycles. The number of nitrogen functional groups attached to an aromatic ring is 1. The van der Waals surface area contributed by atoms with E-state index in [2.05, 4.69) is 19.2 Å². The lowest BCUT2D eigenvalue weighted by Gasteiger charge is -2.26. The Morgan fingerprint density at radius 1 is 1.40 bits per heavy atom. The minimum Gasteiger partial charge on any atom is -0.478 e. The molecule has 1 aliphatic carbocycles. The van der Waals surface area contributed by atoms with Crippen molar-refractivity contribution in [3.8, 4) is 0 Å². The van der Waals surface area contributed by atoms with Crippen LogP contribution >= 0.6 is 0 Å². The molecule has 1 aromatic rings. The number of anilines is 2. The van der Waals surface area contributed by atoms with Gasteiger partial charge >= 0.3 is 5.97 Å². The van der Waals surface area contributed by atoms with E-state index in [1.807, 2.05) is 0 Å². The number of nitrogens with one attached hydrogen (secondary N) is 1. The van der Waals surface area contributed by atoms with Gasteiger partial charge in [0.05, 0.1) is 16.9 Å². The first-order chi connectivity index (χ1) is 9.31. The summed E-state index contributed by atoms with van der Waals surface area (Å²) in [5, 5.41) is 11.7. The van der Waals surface area contributed by atoms with Crippen molar-refractivity contribution in [3.05, 3.63) is 23.8 Å². The van der Waals surface area contributed by atoms with Gasteiger partial charge in [0, 0.05) is 5.92 Å². The minimum absolute atomic E-state index is 0.000148. The van der Waals surface area contributed by atoms with Gasteiger partial charge in [0.15, 0.2) is 0 Å². The van der Waals surface area contributed by atoms with Crippen LogP contribution in [0.4, 0.5) is 11.4 Å². The minimum atomic E-state index is -1.04. The predicted molar refractivity (Wildman–Crippen MR) is 77.6 cm³/mol. The molecule has 1 fully saturated rings. The molecule has 5 nitrogen and oxygen atoms in total. The second-order valence-electron chi connectivity index (χ2n) is 6.03. The molecule has 20 heavy (non-hydrogen) atoms. The van der Waals surface area contributed by atoms with Crippen LogP contribution in [0.25, 0.3) is 0 Å². The molecule has 108 valence electrons.